The van der Waals surface area contributed by atoms with Gasteiger partial charge in [0.15, 0.2) is 0 Å². The SMILES string of the molecule is CC(C)N1CCC(C(C)(C)N2CC3CCCC3C2)CC1. The molecule has 0 aromatic rings. The van der Waals surface area contributed by atoms with Crippen LogP contribution in [0.25, 0.3) is 0 Å². The molecule has 0 radical (unpaired) electrons. The van der Waals surface area contributed by atoms with Crippen molar-refractivity contribution in [3.63, 3.8) is 0 Å². The molecule has 3 aliphatic rings. The van der Waals surface area contributed by atoms with E-state index in [1.54, 1.807) is 0 Å². The second-order valence-electron chi connectivity index (χ2n) is 8.41. The Labute approximate surface area is 125 Å². The Hall–Kier alpha value is -0.0800. The summed E-state index contributed by atoms with van der Waals surface area (Å²) in [5.41, 5.74) is 0.424. The smallest absolute Gasteiger partial charge is 0.0182 e. The first kappa shape index (κ1) is 14.8. The lowest BCUT2D eigenvalue weighted by molar-refractivity contribution is 0.0303. The molecule has 2 unspecified atom stereocenters. The lowest BCUT2D eigenvalue weighted by Gasteiger charge is -2.47. The molecular weight excluding hydrogens is 244 g/mol. The highest BCUT2D eigenvalue weighted by Gasteiger charge is 2.45. The van der Waals surface area contributed by atoms with Gasteiger partial charge in [-0.1, -0.05) is 6.42 Å². The maximum absolute atomic E-state index is 2.86. The highest BCUT2D eigenvalue weighted by molar-refractivity contribution is 4.98. The molecule has 20 heavy (non-hydrogen) atoms. The van der Waals surface area contributed by atoms with Gasteiger partial charge in [0.1, 0.15) is 0 Å². The molecule has 0 aromatic carbocycles. The number of piperidine rings is 1. The lowest BCUT2D eigenvalue weighted by Crippen LogP contribution is -2.52. The summed E-state index contributed by atoms with van der Waals surface area (Å²) in [6.45, 7) is 15.1. The van der Waals surface area contributed by atoms with Gasteiger partial charge in [0.25, 0.3) is 0 Å². The van der Waals surface area contributed by atoms with Gasteiger partial charge in [0.05, 0.1) is 0 Å². The molecule has 2 atom stereocenters. The van der Waals surface area contributed by atoms with Crippen molar-refractivity contribution in [3.05, 3.63) is 0 Å². The van der Waals surface area contributed by atoms with E-state index in [2.05, 4.69) is 37.5 Å². The Kier molecular flexibility index (Phi) is 4.16. The van der Waals surface area contributed by atoms with Crippen LogP contribution >= 0.6 is 0 Å². The monoisotopic (exact) mass is 278 g/mol. The lowest BCUT2D eigenvalue weighted by atomic mass is 9.79. The van der Waals surface area contributed by atoms with Crippen molar-refractivity contribution in [3.8, 4) is 0 Å². The average molecular weight is 278 g/mol. The van der Waals surface area contributed by atoms with Gasteiger partial charge in [0.2, 0.25) is 0 Å². The average Bonchev–Trinajstić information content (AvgIpc) is 2.99. The van der Waals surface area contributed by atoms with E-state index in [4.69, 9.17) is 0 Å². The fourth-order valence-electron chi connectivity index (χ4n) is 5.09. The highest BCUT2D eigenvalue weighted by atomic mass is 15.2. The van der Waals surface area contributed by atoms with Crippen molar-refractivity contribution in [1.29, 1.82) is 0 Å². The second kappa shape index (κ2) is 5.61. The molecule has 1 saturated carbocycles. The van der Waals surface area contributed by atoms with Gasteiger partial charge in [-0.25, -0.2) is 0 Å². The zero-order valence-corrected chi connectivity index (χ0v) is 14.1. The summed E-state index contributed by atoms with van der Waals surface area (Å²) < 4.78 is 0. The normalized spacial score (nSPS) is 34.0. The molecule has 3 fully saturated rings. The van der Waals surface area contributed by atoms with Gasteiger partial charge >= 0.3 is 0 Å². The van der Waals surface area contributed by atoms with E-state index in [0.29, 0.717) is 5.54 Å². The summed E-state index contributed by atoms with van der Waals surface area (Å²) in [7, 11) is 0. The van der Waals surface area contributed by atoms with Crippen molar-refractivity contribution in [1.82, 2.24) is 9.80 Å². The quantitative estimate of drug-likeness (QED) is 0.778. The van der Waals surface area contributed by atoms with Crippen LogP contribution in [0.1, 0.15) is 59.8 Å². The summed E-state index contributed by atoms with van der Waals surface area (Å²) >= 11 is 0. The first-order valence-corrected chi connectivity index (χ1v) is 8.97. The van der Waals surface area contributed by atoms with Crippen LogP contribution in [0.15, 0.2) is 0 Å². The molecule has 116 valence electrons. The highest BCUT2D eigenvalue weighted by Crippen LogP contribution is 2.43. The summed E-state index contributed by atoms with van der Waals surface area (Å²) in [5.74, 6) is 2.96. The second-order valence-corrected chi connectivity index (χ2v) is 8.41. The number of hydrogen-bond acceptors (Lipinski definition) is 2. The number of hydrogen-bond donors (Lipinski definition) is 0. The minimum atomic E-state index is 0.424. The molecule has 2 saturated heterocycles. The van der Waals surface area contributed by atoms with Crippen molar-refractivity contribution in [2.75, 3.05) is 26.2 Å². The third-order valence-electron chi connectivity index (χ3n) is 6.80. The van der Waals surface area contributed by atoms with E-state index in [0.717, 1.165) is 23.8 Å². The molecule has 0 N–H and O–H groups in total. The maximum atomic E-state index is 2.86. The van der Waals surface area contributed by atoms with Crippen LogP contribution in [-0.4, -0.2) is 47.6 Å². The Bertz CT molecular complexity index is 316. The Morgan fingerprint density at radius 2 is 1.45 bits per heavy atom. The number of fused-ring (bicyclic) bond motifs is 1. The van der Waals surface area contributed by atoms with Crippen LogP contribution in [0.3, 0.4) is 0 Å². The molecule has 2 heterocycles. The predicted molar refractivity (Wildman–Crippen MR) is 85.9 cm³/mol. The van der Waals surface area contributed by atoms with Crippen LogP contribution in [0.4, 0.5) is 0 Å². The van der Waals surface area contributed by atoms with Crippen LogP contribution in [-0.2, 0) is 0 Å². The van der Waals surface area contributed by atoms with E-state index in [-0.39, 0.29) is 0 Å². The number of nitrogens with zero attached hydrogens (tertiary/aromatic N) is 2. The largest absolute Gasteiger partial charge is 0.301 e. The zero-order valence-electron chi connectivity index (χ0n) is 14.1. The first-order chi connectivity index (χ1) is 9.48. The van der Waals surface area contributed by atoms with E-state index >= 15 is 0 Å². The molecule has 0 amide bonds. The molecular formula is C18H34N2. The fourth-order valence-corrected chi connectivity index (χ4v) is 5.09. The maximum Gasteiger partial charge on any atom is 0.0182 e. The minimum absolute atomic E-state index is 0.424. The van der Waals surface area contributed by atoms with Crippen molar-refractivity contribution in [2.24, 2.45) is 17.8 Å². The van der Waals surface area contributed by atoms with Gasteiger partial charge in [-0.3, -0.25) is 4.90 Å². The topological polar surface area (TPSA) is 6.48 Å². The summed E-state index contributed by atoms with van der Waals surface area (Å²) in [6, 6.07) is 0.727. The van der Waals surface area contributed by atoms with Crippen molar-refractivity contribution < 1.29 is 0 Å². The molecule has 2 heteroatoms. The number of likely N-dealkylation sites (tertiary alicyclic amines) is 2. The molecule has 0 spiro atoms. The summed E-state index contributed by atoms with van der Waals surface area (Å²) in [5, 5.41) is 0. The zero-order chi connectivity index (χ0) is 14.3. The third-order valence-corrected chi connectivity index (χ3v) is 6.80. The molecule has 2 nitrogen and oxygen atoms in total. The van der Waals surface area contributed by atoms with Crippen LogP contribution in [0, 0.1) is 17.8 Å². The van der Waals surface area contributed by atoms with Crippen LogP contribution < -0.4 is 0 Å². The predicted octanol–water partition coefficient (Wildman–Crippen LogP) is 3.62. The fraction of sp³-hybridized carbons (Fsp3) is 1.00. The Balaban J connectivity index is 1.59. The van der Waals surface area contributed by atoms with Crippen molar-refractivity contribution >= 4 is 0 Å². The minimum Gasteiger partial charge on any atom is -0.301 e. The van der Waals surface area contributed by atoms with E-state index in [9.17, 15) is 0 Å². The molecule has 1 aliphatic carbocycles. The van der Waals surface area contributed by atoms with E-state index < -0.39 is 0 Å². The molecule has 3 rings (SSSR count). The number of rotatable bonds is 3. The van der Waals surface area contributed by atoms with Crippen LogP contribution in [0.2, 0.25) is 0 Å². The summed E-state index contributed by atoms with van der Waals surface area (Å²) in [6.07, 6.45) is 7.30. The Morgan fingerprint density at radius 3 is 1.95 bits per heavy atom. The van der Waals surface area contributed by atoms with Crippen molar-refractivity contribution in [2.45, 2.75) is 71.4 Å². The van der Waals surface area contributed by atoms with E-state index in [1.165, 1.54) is 58.3 Å². The molecule has 2 aliphatic heterocycles. The summed E-state index contributed by atoms with van der Waals surface area (Å²) in [4.78, 5) is 5.52. The molecule has 0 bridgehead atoms. The van der Waals surface area contributed by atoms with Gasteiger partial charge in [-0.05, 0) is 84.2 Å². The third kappa shape index (κ3) is 2.66. The van der Waals surface area contributed by atoms with Gasteiger partial charge in [-0.2, -0.15) is 0 Å². The van der Waals surface area contributed by atoms with Gasteiger partial charge in [0, 0.05) is 24.7 Å². The molecule has 0 aromatic heterocycles. The Morgan fingerprint density at radius 1 is 0.900 bits per heavy atom. The van der Waals surface area contributed by atoms with Crippen LogP contribution in [0.5, 0.6) is 0 Å². The van der Waals surface area contributed by atoms with Gasteiger partial charge < -0.3 is 4.90 Å². The van der Waals surface area contributed by atoms with E-state index in [1.807, 2.05) is 0 Å². The first-order valence-electron chi connectivity index (χ1n) is 8.97. The van der Waals surface area contributed by atoms with Gasteiger partial charge in [-0.15, -0.1) is 0 Å². The standard InChI is InChI=1S/C18H34N2/c1-14(2)19-10-8-17(9-11-19)18(3,4)20-12-15-6-5-7-16(15)13-20/h14-17H,5-13H2,1-4H3.